The Balaban J connectivity index is 2.15. The smallest absolute Gasteiger partial charge is 0.116 e. The van der Waals surface area contributed by atoms with Gasteiger partial charge in [-0.2, -0.15) is 0 Å². The molecular formula is C16H22O2. The first-order valence-corrected chi connectivity index (χ1v) is 7.01. The van der Waals surface area contributed by atoms with E-state index in [4.69, 9.17) is 4.74 Å². The Morgan fingerprint density at radius 3 is 2.72 bits per heavy atom. The van der Waals surface area contributed by atoms with Crippen LogP contribution in [-0.4, -0.2) is 18.3 Å². The van der Waals surface area contributed by atoms with Crippen molar-refractivity contribution in [2.75, 3.05) is 7.11 Å². The molecule has 1 N–H and O–H groups in total. The highest BCUT2D eigenvalue weighted by Crippen LogP contribution is 2.51. The van der Waals surface area contributed by atoms with Crippen molar-refractivity contribution in [2.24, 2.45) is 5.92 Å². The van der Waals surface area contributed by atoms with Crippen molar-refractivity contribution in [3.8, 4) is 0 Å². The van der Waals surface area contributed by atoms with Crippen LogP contribution in [0.5, 0.6) is 0 Å². The maximum absolute atomic E-state index is 10.7. The minimum absolute atomic E-state index is 0.360. The number of aliphatic hydroxyl groups is 1. The largest absolute Gasteiger partial charge is 0.389 e. The average molecular weight is 246 g/mol. The second kappa shape index (κ2) is 4.36. The van der Waals surface area contributed by atoms with Crippen LogP contribution in [0.15, 0.2) is 24.3 Å². The Kier molecular flexibility index (Phi) is 2.95. The van der Waals surface area contributed by atoms with Crippen LogP contribution in [0, 0.1) is 5.92 Å². The van der Waals surface area contributed by atoms with Gasteiger partial charge >= 0.3 is 0 Å². The molecule has 1 aromatic carbocycles. The van der Waals surface area contributed by atoms with Gasteiger partial charge in [-0.3, -0.25) is 0 Å². The SMILES string of the molecule is CO[C@]1(C)c2ccccc2[C@@H]2CCCC[C@@H]2[C@@H]1O. The van der Waals surface area contributed by atoms with Gasteiger partial charge < -0.3 is 9.84 Å². The molecule has 0 aliphatic heterocycles. The van der Waals surface area contributed by atoms with Gasteiger partial charge in [0.25, 0.3) is 0 Å². The van der Waals surface area contributed by atoms with Gasteiger partial charge in [-0.25, -0.2) is 0 Å². The summed E-state index contributed by atoms with van der Waals surface area (Å²) < 4.78 is 5.72. The molecule has 0 amide bonds. The zero-order valence-electron chi connectivity index (χ0n) is 11.2. The molecule has 18 heavy (non-hydrogen) atoms. The maximum atomic E-state index is 10.7. The first-order valence-electron chi connectivity index (χ1n) is 7.01. The third-order valence-electron chi connectivity index (χ3n) is 5.11. The summed E-state index contributed by atoms with van der Waals surface area (Å²) in [6, 6.07) is 8.50. The zero-order valence-corrected chi connectivity index (χ0v) is 11.2. The molecule has 2 aliphatic rings. The summed E-state index contributed by atoms with van der Waals surface area (Å²) in [6.07, 6.45) is 4.46. The highest BCUT2D eigenvalue weighted by molar-refractivity contribution is 5.40. The molecular weight excluding hydrogens is 224 g/mol. The van der Waals surface area contributed by atoms with Gasteiger partial charge in [-0.05, 0) is 42.7 Å². The van der Waals surface area contributed by atoms with E-state index in [9.17, 15) is 5.11 Å². The van der Waals surface area contributed by atoms with Crippen LogP contribution in [0.1, 0.15) is 49.7 Å². The van der Waals surface area contributed by atoms with Crippen LogP contribution in [0.3, 0.4) is 0 Å². The van der Waals surface area contributed by atoms with Crippen molar-refractivity contribution in [1.82, 2.24) is 0 Å². The average Bonchev–Trinajstić information content (AvgIpc) is 2.45. The van der Waals surface area contributed by atoms with Crippen molar-refractivity contribution in [1.29, 1.82) is 0 Å². The highest BCUT2D eigenvalue weighted by Gasteiger charge is 2.49. The van der Waals surface area contributed by atoms with Crippen LogP contribution in [-0.2, 0) is 10.3 Å². The van der Waals surface area contributed by atoms with E-state index in [1.807, 2.05) is 13.0 Å². The van der Waals surface area contributed by atoms with E-state index >= 15 is 0 Å². The molecule has 3 rings (SSSR count). The van der Waals surface area contributed by atoms with E-state index < -0.39 is 5.60 Å². The van der Waals surface area contributed by atoms with E-state index in [-0.39, 0.29) is 6.10 Å². The second-order valence-electron chi connectivity index (χ2n) is 5.90. The lowest BCUT2D eigenvalue weighted by Gasteiger charge is -2.49. The summed E-state index contributed by atoms with van der Waals surface area (Å²) in [5.41, 5.74) is 2.04. The standard InChI is InChI=1S/C16H22O2/c1-16(18-2)14-10-6-5-8-12(14)11-7-3-4-9-13(11)15(16)17/h5-6,8,10-11,13,15,17H,3-4,7,9H2,1-2H3/t11-,13-,15-,16+/m0/s1. The second-order valence-corrected chi connectivity index (χ2v) is 5.90. The lowest BCUT2D eigenvalue weighted by Crippen LogP contribution is -2.50. The molecule has 0 bridgehead atoms. The molecule has 98 valence electrons. The lowest BCUT2D eigenvalue weighted by molar-refractivity contribution is -0.137. The number of benzene rings is 1. The maximum Gasteiger partial charge on any atom is 0.116 e. The van der Waals surface area contributed by atoms with Crippen molar-refractivity contribution in [3.63, 3.8) is 0 Å². The Labute approximate surface area is 109 Å². The molecule has 1 saturated carbocycles. The molecule has 2 heteroatoms. The summed E-state index contributed by atoms with van der Waals surface area (Å²) in [4.78, 5) is 0. The quantitative estimate of drug-likeness (QED) is 0.824. The van der Waals surface area contributed by atoms with E-state index in [2.05, 4.69) is 18.2 Å². The molecule has 2 nitrogen and oxygen atoms in total. The number of ether oxygens (including phenoxy) is 1. The van der Waals surface area contributed by atoms with Crippen LogP contribution in [0.25, 0.3) is 0 Å². The summed E-state index contributed by atoms with van der Waals surface area (Å²) in [5, 5.41) is 10.7. The van der Waals surface area contributed by atoms with Gasteiger partial charge in [-0.1, -0.05) is 37.1 Å². The fraction of sp³-hybridized carbons (Fsp3) is 0.625. The normalized spacial score (nSPS) is 38.9. The fourth-order valence-electron chi connectivity index (χ4n) is 3.99. The third kappa shape index (κ3) is 1.55. The first-order chi connectivity index (χ1) is 8.68. The van der Waals surface area contributed by atoms with Crippen LogP contribution in [0.2, 0.25) is 0 Å². The number of hydrogen-bond donors (Lipinski definition) is 1. The molecule has 0 saturated heterocycles. The van der Waals surface area contributed by atoms with Gasteiger partial charge in [0, 0.05) is 7.11 Å². The molecule has 4 atom stereocenters. The monoisotopic (exact) mass is 246 g/mol. The minimum Gasteiger partial charge on any atom is -0.389 e. The van der Waals surface area contributed by atoms with Crippen molar-refractivity contribution < 1.29 is 9.84 Å². The number of hydrogen-bond acceptors (Lipinski definition) is 2. The van der Waals surface area contributed by atoms with Gasteiger partial charge in [0.1, 0.15) is 5.60 Å². The van der Waals surface area contributed by atoms with Gasteiger partial charge in [-0.15, -0.1) is 0 Å². The Morgan fingerprint density at radius 1 is 1.22 bits per heavy atom. The zero-order chi connectivity index (χ0) is 12.8. The third-order valence-corrected chi connectivity index (χ3v) is 5.11. The van der Waals surface area contributed by atoms with Crippen LogP contribution < -0.4 is 0 Å². The van der Waals surface area contributed by atoms with Crippen LogP contribution >= 0.6 is 0 Å². The number of fused-ring (bicyclic) bond motifs is 3. The van der Waals surface area contributed by atoms with Crippen molar-refractivity contribution in [2.45, 2.75) is 50.2 Å². The summed E-state index contributed by atoms with van der Waals surface area (Å²) in [6.45, 7) is 2.03. The van der Waals surface area contributed by atoms with Crippen molar-refractivity contribution in [3.05, 3.63) is 35.4 Å². The number of rotatable bonds is 1. The molecule has 0 spiro atoms. The van der Waals surface area contributed by atoms with Crippen LogP contribution in [0.4, 0.5) is 0 Å². The van der Waals surface area contributed by atoms with Gasteiger partial charge in [0.2, 0.25) is 0 Å². The number of aliphatic hydroxyl groups excluding tert-OH is 1. The van der Waals surface area contributed by atoms with E-state index in [0.29, 0.717) is 11.8 Å². The molecule has 1 aromatic rings. The van der Waals surface area contributed by atoms with E-state index in [1.165, 1.54) is 30.4 Å². The summed E-state index contributed by atoms with van der Waals surface area (Å²) in [7, 11) is 1.71. The van der Waals surface area contributed by atoms with Crippen molar-refractivity contribution >= 4 is 0 Å². The fourth-order valence-corrected chi connectivity index (χ4v) is 3.99. The molecule has 0 aromatic heterocycles. The Morgan fingerprint density at radius 2 is 1.94 bits per heavy atom. The molecule has 0 radical (unpaired) electrons. The predicted molar refractivity (Wildman–Crippen MR) is 71.5 cm³/mol. The van der Waals surface area contributed by atoms with Gasteiger partial charge in [0.05, 0.1) is 6.10 Å². The minimum atomic E-state index is -0.547. The predicted octanol–water partition coefficient (Wildman–Crippen LogP) is 3.20. The Bertz CT molecular complexity index is 442. The molecule has 1 fully saturated rings. The topological polar surface area (TPSA) is 29.5 Å². The molecule has 0 unspecified atom stereocenters. The first kappa shape index (κ1) is 12.2. The summed E-state index contributed by atoms with van der Waals surface area (Å²) in [5.74, 6) is 0.881. The number of methoxy groups -OCH3 is 1. The molecule has 0 heterocycles. The molecule has 2 aliphatic carbocycles. The van der Waals surface area contributed by atoms with Gasteiger partial charge in [0.15, 0.2) is 0 Å². The highest BCUT2D eigenvalue weighted by atomic mass is 16.5. The summed E-state index contributed by atoms with van der Waals surface area (Å²) >= 11 is 0. The van der Waals surface area contributed by atoms with E-state index in [1.54, 1.807) is 7.11 Å². The Hall–Kier alpha value is -0.860. The van der Waals surface area contributed by atoms with E-state index in [0.717, 1.165) is 6.42 Å². The lowest BCUT2D eigenvalue weighted by atomic mass is 9.62.